The Balaban J connectivity index is 1.70. The van der Waals surface area contributed by atoms with Gasteiger partial charge in [-0.1, -0.05) is 6.08 Å². The lowest BCUT2D eigenvalue weighted by atomic mass is 10.2. The van der Waals surface area contributed by atoms with Crippen molar-refractivity contribution < 1.29 is 14.7 Å². The SMILES string of the molecule is C=CCON1C2C=C(n3ccc(COC(C)(C)C)n3)CN(C2)C1O. The minimum Gasteiger partial charge on any atom is -0.370 e. The molecule has 2 aliphatic heterocycles. The van der Waals surface area contributed by atoms with Crippen molar-refractivity contribution in [3.63, 3.8) is 0 Å². The highest BCUT2D eigenvalue weighted by atomic mass is 16.7. The van der Waals surface area contributed by atoms with Crippen LogP contribution in [0.25, 0.3) is 5.70 Å². The molecule has 1 saturated heterocycles. The monoisotopic (exact) mass is 334 g/mol. The molecule has 2 bridgehead atoms. The van der Waals surface area contributed by atoms with Crippen LogP contribution in [0.5, 0.6) is 0 Å². The van der Waals surface area contributed by atoms with Gasteiger partial charge in [0.25, 0.3) is 0 Å². The van der Waals surface area contributed by atoms with Gasteiger partial charge in [-0.2, -0.15) is 5.10 Å². The van der Waals surface area contributed by atoms with Crippen molar-refractivity contribution in [1.29, 1.82) is 0 Å². The molecule has 1 fully saturated rings. The van der Waals surface area contributed by atoms with Gasteiger partial charge in [-0.3, -0.25) is 9.74 Å². The van der Waals surface area contributed by atoms with Crippen LogP contribution in [-0.4, -0.2) is 62.5 Å². The summed E-state index contributed by atoms with van der Waals surface area (Å²) in [6.45, 7) is 11.9. The van der Waals surface area contributed by atoms with Gasteiger partial charge < -0.3 is 9.84 Å². The first-order valence-electron chi connectivity index (χ1n) is 8.21. The fourth-order valence-corrected chi connectivity index (χ4v) is 2.84. The zero-order chi connectivity index (χ0) is 17.3. The molecule has 0 saturated carbocycles. The molecule has 3 atom stereocenters. The molecule has 24 heavy (non-hydrogen) atoms. The van der Waals surface area contributed by atoms with E-state index in [4.69, 9.17) is 9.57 Å². The maximum atomic E-state index is 10.3. The van der Waals surface area contributed by atoms with Crippen LogP contribution in [-0.2, 0) is 16.2 Å². The number of nitrogens with zero attached hydrogens (tertiary/aromatic N) is 4. The quantitative estimate of drug-likeness (QED) is 0.794. The Morgan fingerprint density at radius 3 is 2.96 bits per heavy atom. The molecule has 3 unspecified atom stereocenters. The summed E-state index contributed by atoms with van der Waals surface area (Å²) in [6.07, 6.45) is 4.95. The largest absolute Gasteiger partial charge is 0.370 e. The van der Waals surface area contributed by atoms with Crippen LogP contribution in [0.4, 0.5) is 0 Å². The van der Waals surface area contributed by atoms with Crippen molar-refractivity contribution in [3.05, 3.63) is 36.7 Å². The van der Waals surface area contributed by atoms with Crippen molar-refractivity contribution in [2.45, 2.75) is 45.4 Å². The van der Waals surface area contributed by atoms with Gasteiger partial charge >= 0.3 is 0 Å². The molecular formula is C17H26N4O3. The van der Waals surface area contributed by atoms with Crippen LogP contribution < -0.4 is 0 Å². The highest BCUT2D eigenvalue weighted by molar-refractivity contribution is 5.49. The van der Waals surface area contributed by atoms with Crippen LogP contribution in [0.15, 0.2) is 31.0 Å². The van der Waals surface area contributed by atoms with Gasteiger partial charge in [0.1, 0.15) is 0 Å². The molecule has 132 valence electrons. The second kappa shape index (κ2) is 6.78. The topological polar surface area (TPSA) is 63.0 Å². The number of aliphatic hydroxyl groups is 1. The molecule has 0 aliphatic carbocycles. The maximum absolute atomic E-state index is 10.3. The van der Waals surface area contributed by atoms with Crippen molar-refractivity contribution >= 4 is 5.70 Å². The second-order valence-electron chi connectivity index (χ2n) is 7.10. The van der Waals surface area contributed by atoms with Crippen LogP contribution in [0.3, 0.4) is 0 Å². The number of rotatable bonds is 6. The lowest BCUT2D eigenvalue weighted by Crippen LogP contribution is -2.39. The minimum atomic E-state index is -0.747. The summed E-state index contributed by atoms with van der Waals surface area (Å²) in [6, 6.07) is 1.96. The number of aliphatic hydroxyl groups excluding tert-OH is 1. The van der Waals surface area contributed by atoms with Crippen molar-refractivity contribution in [2.24, 2.45) is 0 Å². The smallest absolute Gasteiger partial charge is 0.188 e. The van der Waals surface area contributed by atoms with Gasteiger partial charge in [0.05, 0.1) is 36.2 Å². The van der Waals surface area contributed by atoms with E-state index in [1.165, 1.54) is 0 Å². The van der Waals surface area contributed by atoms with E-state index >= 15 is 0 Å². The molecule has 0 spiro atoms. The first-order valence-corrected chi connectivity index (χ1v) is 8.21. The minimum absolute atomic E-state index is 0.00201. The molecule has 7 nitrogen and oxygen atoms in total. The average Bonchev–Trinajstić information content (AvgIpc) is 3.08. The number of fused-ring (bicyclic) bond motifs is 2. The molecule has 7 heteroatoms. The summed E-state index contributed by atoms with van der Waals surface area (Å²) in [5.41, 5.74) is 1.72. The molecule has 0 radical (unpaired) electrons. The normalized spacial score (nSPS) is 27.3. The third kappa shape index (κ3) is 3.76. The molecule has 3 rings (SSSR count). The first kappa shape index (κ1) is 17.3. The predicted octanol–water partition coefficient (Wildman–Crippen LogP) is 1.43. The average molecular weight is 334 g/mol. The highest BCUT2D eigenvalue weighted by Crippen LogP contribution is 2.28. The summed E-state index contributed by atoms with van der Waals surface area (Å²) >= 11 is 0. The first-order chi connectivity index (χ1) is 11.4. The third-order valence-corrected chi connectivity index (χ3v) is 3.99. The van der Waals surface area contributed by atoms with Gasteiger partial charge in [-0.25, -0.2) is 4.68 Å². The van der Waals surface area contributed by atoms with E-state index in [1.807, 2.05) is 42.6 Å². The molecule has 1 N–H and O–H groups in total. The molecular weight excluding hydrogens is 308 g/mol. The molecule has 0 amide bonds. The number of hydrogen-bond acceptors (Lipinski definition) is 6. The van der Waals surface area contributed by atoms with Crippen molar-refractivity contribution in [2.75, 3.05) is 19.7 Å². The summed E-state index contributed by atoms with van der Waals surface area (Å²) in [5, 5.41) is 16.5. The second-order valence-corrected chi connectivity index (χ2v) is 7.10. The van der Waals surface area contributed by atoms with Gasteiger partial charge in [-0.15, -0.1) is 11.6 Å². The maximum Gasteiger partial charge on any atom is 0.188 e. The van der Waals surface area contributed by atoms with Gasteiger partial charge in [-0.05, 0) is 32.9 Å². The summed E-state index contributed by atoms with van der Waals surface area (Å²) in [7, 11) is 0. The van der Waals surface area contributed by atoms with E-state index in [1.54, 1.807) is 11.1 Å². The predicted molar refractivity (Wildman–Crippen MR) is 90.4 cm³/mol. The Labute approximate surface area is 142 Å². The van der Waals surface area contributed by atoms with Gasteiger partial charge in [0.15, 0.2) is 6.35 Å². The standard InChI is InChI=1S/C17H26N4O3/c1-5-8-24-21-15-9-14(10-19(11-15)16(21)22)20-7-6-13(18-20)12-23-17(2,3)4/h5-7,9,15-16,22H,1,8,10-12H2,2-4H3. The van der Waals surface area contributed by atoms with Crippen LogP contribution in [0.2, 0.25) is 0 Å². The molecule has 1 aromatic heterocycles. The number of hydroxylamine groups is 2. The third-order valence-electron chi connectivity index (χ3n) is 3.99. The van der Waals surface area contributed by atoms with Crippen LogP contribution in [0, 0.1) is 0 Å². The Morgan fingerprint density at radius 2 is 2.25 bits per heavy atom. The fraction of sp³-hybridized carbons (Fsp3) is 0.588. The summed E-state index contributed by atoms with van der Waals surface area (Å²) in [4.78, 5) is 7.53. The number of ether oxygens (including phenoxy) is 1. The molecule has 0 aromatic carbocycles. The Morgan fingerprint density at radius 1 is 1.46 bits per heavy atom. The number of aromatic nitrogens is 2. The van der Waals surface area contributed by atoms with E-state index in [9.17, 15) is 5.11 Å². The number of hydrogen-bond donors (Lipinski definition) is 1. The Hall–Kier alpha value is -1.51. The molecule has 3 heterocycles. The van der Waals surface area contributed by atoms with E-state index in [0.717, 1.165) is 17.9 Å². The van der Waals surface area contributed by atoms with Gasteiger partial charge in [0.2, 0.25) is 0 Å². The Bertz CT molecular complexity index is 620. The van der Waals surface area contributed by atoms with Crippen molar-refractivity contribution in [1.82, 2.24) is 19.7 Å². The summed E-state index contributed by atoms with van der Waals surface area (Å²) in [5.74, 6) is 0. The van der Waals surface area contributed by atoms with Gasteiger partial charge in [0, 0.05) is 19.3 Å². The zero-order valence-corrected chi connectivity index (χ0v) is 14.6. The van der Waals surface area contributed by atoms with Crippen molar-refractivity contribution in [3.8, 4) is 0 Å². The highest BCUT2D eigenvalue weighted by Gasteiger charge is 2.42. The van der Waals surface area contributed by atoms with Crippen LogP contribution >= 0.6 is 0 Å². The van der Waals surface area contributed by atoms with E-state index < -0.39 is 6.35 Å². The Kier molecular flexibility index (Phi) is 4.89. The summed E-state index contributed by atoms with van der Waals surface area (Å²) < 4.78 is 7.62. The lowest BCUT2D eigenvalue weighted by Gasteiger charge is -2.23. The molecule has 2 aliphatic rings. The zero-order valence-electron chi connectivity index (χ0n) is 14.6. The lowest BCUT2D eigenvalue weighted by molar-refractivity contribution is -0.246. The molecule has 1 aromatic rings. The van der Waals surface area contributed by atoms with E-state index in [-0.39, 0.29) is 11.6 Å². The van der Waals surface area contributed by atoms with Crippen LogP contribution in [0.1, 0.15) is 26.5 Å². The van der Waals surface area contributed by atoms with E-state index in [2.05, 4.69) is 17.8 Å². The van der Waals surface area contributed by atoms with E-state index in [0.29, 0.717) is 19.8 Å². The fourth-order valence-electron chi connectivity index (χ4n) is 2.84.